The summed E-state index contributed by atoms with van der Waals surface area (Å²) in [5, 5.41) is 11.0. The molecule has 0 saturated heterocycles. The van der Waals surface area contributed by atoms with Crippen LogP contribution in [0.3, 0.4) is 0 Å². The van der Waals surface area contributed by atoms with E-state index in [9.17, 15) is 9.59 Å². The Balaban J connectivity index is 3.93. The van der Waals surface area contributed by atoms with Gasteiger partial charge in [0.05, 0.1) is 0 Å². The molecule has 0 aliphatic rings. The van der Waals surface area contributed by atoms with Crippen molar-refractivity contribution in [1.82, 2.24) is 5.32 Å². The number of amides is 1. The predicted octanol–water partition coefficient (Wildman–Crippen LogP) is 1.11. The first-order valence-corrected chi connectivity index (χ1v) is 10.1. The first kappa shape index (κ1) is 13.5. The molecule has 0 saturated carbocycles. The summed E-state index contributed by atoms with van der Waals surface area (Å²) in [6.45, 7) is 3.53. The number of nitrogens with one attached hydrogen (secondary N) is 1. The van der Waals surface area contributed by atoms with Crippen molar-refractivity contribution in [3.05, 3.63) is 0 Å². The van der Waals surface area contributed by atoms with Gasteiger partial charge in [-0.3, -0.25) is 0 Å². The fraction of sp³-hybridized carbons (Fsp3) is 0.778. The van der Waals surface area contributed by atoms with E-state index in [1.807, 2.05) is 0 Å². The van der Waals surface area contributed by atoms with E-state index in [1.165, 1.54) is 6.92 Å². The van der Waals surface area contributed by atoms with E-state index in [1.54, 1.807) is 0 Å². The first-order chi connectivity index (χ1) is 6.34. The van der Waals surface area contributed by atoms with Gasteiger partial charge in [-0.1, -0.05) is 0 Å². The van der Waals surface area contributed by atoms with Gasteiger partial charge >= 0.3 is 88.8 Å². The normalized spacial score (nSPS) is 14.9. The second-order valence-corrected chi connectivity index (χ2v) is 10.4. The Kier molecular flexibility index (Phi) is 5.83. The van der Waals surface area contributed by atoms with Crippen LogP contribution >= 0.6 is 0 Å². The Morgan fingerprint density at radius 1 is 1.36 bits per heavy atom. The standard InChI is InChI=1S/C9H18GeNO3/c1-6(10(3)4)5-8(12)11-7(2)9(13)14/h6-7H,5H2,1-4H3,(H,11,12)(H,13,14). The van der Waals surface area contributed by atoms with Gasteiger partial charge in [0, 0.05) is 0 Å². The van der Waals surface area contributed by atoms with E-state index >= 15 is 0 Å². The molecule has 0 fully saturated rings. The molecule has 0 aliphatic carbocycles. The fourth-order valence-electron chi connectivity index (χ4n) is 0.844. The number of carboxylic acid groups (broad SMARTS) is 1. The van der Waals surface area contributed by atoms with Gasteiger partial charge in [-0.25, -0.2) is 0 Å². The molecule has 2 unspecified atom stereocenters. The monoisotopic (exact) mass is 262 g/mol. The van der Waals surface area contributed by atoms with Crippen LogP contribution in [-0.4, -0.2) is 37.4 Å². The van der Waals surface area contributed by atoms with Crippen molar-refractivity contribution >= 4 is 26.2 Å². The van der Waals surface area contributed by atoms with E-state index in [0.29, 0.717) is 11.2 Å². The second-order valence-electron chi connectivity index (χ2n) is 3.81. The molecule has 0 aromatic rings. The maximum absolute atomic E-state index is 11.3. The van der Waals surface area contributed by atoms with Gasteiger partial charge in [0.1, 0.15) is 0 Å². The van der Waals surface area contributed by atoms with E-state index in [0.717, 1.165) is 0 Å². The molecule has 0 spiro atoms. The summed E-state index contributed by atoms with van der Waals surface area (Å²) in [6, 6.07) is -0.785. The molecule has 0 bridgehead atoms. The average Bonchev–Trinajstić information content (AvgIpc) is 2.03. The summed E-state index contributed by atoms with van der Waals surface area (Å²) < 4.78 is 0.441. The van der Waals surface area contributed by atoms with Crippen LogP contribution in [0.1, 0.15) is 20.3 Å². The zero-order valence-corrected chi connectivity index (χ0v) is 11.2. The Hall–Kier alpha value is -0.517. The molecule has 4 nitrogen and oxygen atoms in total. The molecule has 0 aromatic carbocycles. The molecule has 0 rings (SSSR count). The maximum atomic E-state index is 11.3. The molecule has 0 aromatic heterocycles. The van der Waals surface area contributed by atoms with Crippen LogP contribution in [0.25, 0.3) is 0 Å². The minimum atomic E-state index is -1.05. The van der Waals surface area contributed by atoms with Crippen molar-refractivity contribution < 1.29 is 14.7 Å². The summed E-state index contributed by atoms with van der Waals surface area (Å²) in [5.41, 5.74) is 0. The molecule has 14 heavy (non-hydrogen) atoms. The molecule has 81 valence electrons. The number of rotatable bonds is 5. The number of carboxylic acids is 1. The average molecular weight is 261 g/mol. The van der Waals surface area contributed by atoms with Gasteiger partial charge in [0.25, 0.3) is 0 Å². The van der Waals surface area contributed by atoms with E-state index in [-0.39, 0.29) is 5.91 Å². The third-order valence-corrected chi connectivity index (χ3v) is 6.79. The summed E-state index contributed by atoms with van der Waals surface area (Å²) in [5.74, 6) is 3.27. The number of carbonyl (C=O) groups excluding carboxylic acids is 1. The van der Waals surface area contributed by atoms with Crippen molar-refractivity contribution in [3.8, 4) is 0 Å². The molecule has 0 aliphatic heterocycles. The van der Waals surface area contributed by atoms with Gasteiger partial charge in [0.15, 0.2) is 0 Å². The Labute approximate surface area is 89.2 Å². The van der Waals surface area contributed by atoms with E-state index < -0.39 is 26.4 Å². The van der Waals surface area contributed by atoms with Crippen LogP contribution in [0.15, 0.2) is 0 Å². The molecule has 1 amide bonds. The van der Waals surface area contributed by atoms with Crippen molar-refractivity contribution in [2.75, 3.05) is 0 Å². The van der Waals surface area contributed by atoms with Crippen molar-refractivity contribution in [1.29, 1.82) is 0 Å². The predicted molar refractivity (Wildman–Crippen MR) is 56.8 cm³/mol. The summed E-state index contributed by atoms with van der Waals surface area (Å²) in [4.78, 5) is 21.8. The molecule has 1 radical (unpaired) electrons. The third-order valence-electron chi connectivity index (χ3n) is 2.23. The van der Waals surface area contributed by atoms with Gasteiger partial charge in [-0.05, 0) is 0 Å². The summed E-state index contributed by atoms with van der Waals surface area (Å²) in [7, 11) is 0. The van der Waals surface area contributed by atoms with E-state index in [4.69, 9.17) is 5.11 Å². The first-order valence-electron chi connectivity index (χ1n) is 4.66. The summed E-state index contributed by atoms with van der Waals surface area (Å²) in [6.07, 6.45) is 0.458. The molecule has 0 heterocycles. The van der Waals surface area contributed by atoms with Crippen LogP contribution < -0.4 is 5.32 Å². The SMILES string of the molecule is CC(NC(=O)C[CH](C)[Ge]([CH3])[CH3])C(=O)O. The minimum absolute atomic E-state index is 0.152. The van der Waals surface area contributed by atoms with Crippen LogP contribution in [-0.2, 0) is 9.59 Å². The van der Waals surface area contributed by atoms with Crippen LogP contribution in [0.4, 0.5) is 0 Å². The number of carbonyl (C=O) groups is 2. The fourth-order valence-corrected chi connectivity index (χ4v) is 2.09. The number of hydrogen-bond acceptors (Lipinski definition) is 2. The van der Waals surface area contributed by atoms with Crippen LogP contribution in [0.2, 0.25) is 16.3 Å². The molecule has 2 N–H and O–H groups in total. The van der Waals surface area contributed by atoms with Crippen molar-refractivity contribution in [2.45, 2.75) is 42.6 Å². The van der Waals surface area contributed by atoms with Gasteiger partial charge in [-0.15, -0.1) is 0 Å². The van der Waals surface area contributed by atoms with Gasteiger partial charge < -0.3 is 0 Å². The summed E-state index contributed by atoms with van der Waals surface area (Å²) >= 11 is -1.05. The van der Waals surface area contributed by atoms with Crippen LogP contribution in [0.5, 0.6) is 0 Å². The van der Waals surface area contributed by atoms with E-state index in [2.05, 4.69) is 23.8 Å². The van der Waals surface area contributed by atoms with Gasteiger partial charge in [0.2, 0.25) is 0 Å². The zero-order valence-electron chi connectivity index (χ0n) is 9.13. The van der Waals surface area contributed by atoms with Crippen molar-refractivity contribution in [2.24, 2.45) is 0 Å². The third kappa shape index (κ3) is 5.26. The van der Waals surface area contributed by atoms with Crippen LogP contribution in [0, 0.1) is 0 Å². The van der Waals surface area contributed by atoms with Gasteiger partial charge in [-0.2, -0.15) is 0 Å². The molecule has 2 atom stereocenters. The second kappa shape index (κ2) is 6.06. The molecular formula is C9H18GeNO3. The zero-order chi connectivity index (χ0) is 11.3. The Bertz CT molecular complexity index is 218. The molecular weight excluding hydrogens is 243 g/mol. The number of aliphatic carboxylic acids is 1. The Morgan fingerprint density at radius 2 is 1.86 bits per heavy atom. The topological polar surface area (TPSA) is 66.4 Å². The number of hydrogen-bond donors (Lipinski definition) is 2. The quantitative estimate of drug-likeness (QED) is 0.728. The molecule has 5 heteroatoms. The Morgan fingerprint density at radius 3 is 2.21 bits per heavy atom. The van der Waals surface area contributed by atoms with Crippen molar-refractivity contribution in [3.63, 3.8) is 0 Å².